The van der Waals surface area contributed by atoms with Crippen molar-refractivity contribution in [3.63, 3.8) is 0 Å². The summed E-state index contributed by atoms with van der Waals surface area (Å²) < 4.78 is 0. The molecule has 0 spiro atoms. The molecule has 0 saturated carbocycles. The molecule has 0 atom stereocenters. The maximum Gasteiger partial charge on any atom is 0.319 e. The number of nitrogens with zero attached hydrogens (tertiary/aromatic N) is 3. The largest absolute Gasteiger partial charge is 0.362 e. The highest BCUT2D eigenvalue weighted by Gasteiger charge is 2.29. The summed E-state index contributed by atoms with van der Waals surface area (Å²) in [6.07, 6.45) is 3.25. The quantitative estimate of drug-likeness (QED) is 0.718. The van der Waals surface area contributed by atoms with Crippen molar-refractivity contribution >= 4 is 23.5 Å². The topological polar surface area (TPSA) is 85.0 Å². The van der Waals surface area contributed by atoms with Crippen LogP contribution in [0, 0.1) is 5.92 Å². The lowest BCUT2D eigenvalue weighted by molar-refractivity contribution is -0.131. The van der Waals surface area contributed by atoms with Gasteiger partial charge in [-0.25, -0.2) is 4.79 Å². The van der Waals surface area contributed by atoms with E-state index in [1.54, 1.807) is 4.90 Å². The second-order valence-electron chi connectivity index (χ2n) is 7.91. The highest BCUT2D eigenvalue weighted by atomic mass is 16.2. The number of piperidine rings is 1. The molecule has 2 aliphatic rings. The lowest BCUT2D eigenvalue weighted by Gasteiger charge is -2.34. The molecule has 2 aliphatic heterocycles. The van der Waals surface area contributed by atoms with Crippen LogP contribution in [0.4, 0.5) is 10.5 Å². The van der Waals surface area contributed by atoms with E-state index < -0.39 is 0 Å². The predicted molar refractivity (Wildman–Crippen MR) is 116 cm³/mol. The summed E-state index contributed by atoms with van der Waals surface area (Å²) >= 11 is 0. The average Bonchev–Trinajstić information content (AvgIpc) is 2.78. The number of anilines is 1. The number of hydrogen-bond acceptors (Lipinski definition) is 4. The Morgan fingerprint density at radius 1 is 1.03 bits per heavy atom. The van der Waals surface area contributed by atoms with Gasteiger partial charge in [-0.15, -0.1) is 0 Å². The first-order valence-corrected chi connectivity index (χ1v) is 11.0. The van der Waals surface area contributed by atoms with E-state index in [0.29, 0.717) is 39.0 Å². The summed E-state index contributed by atoms with van der Waals surface area (Å²) in [6.45, 7) is 7.47. The lowest BCUT2D eigenvalue weighted by atomic mass is 9.96. The molecule has 0 bridgehead atoms. The Hall–Kier alpha value is -2.77. The van der Waals surface area contributed by atoms with Gasteiger partial charge in [-0.1, -0.05) is 18.2 Å². The number of nitrogens with one attached hydrogen (secondary N) is 2. The molecule has 4 amide bonds. The van der Waals surface area contributed by atoms with Crippen LogP contribution in [0.3, 0.4) is 0 Å². The Morgan fingerprint density at radius 2 is 1.73 bits per heavy atom. The highest BCUT2D eigenvalue weighted by Crippen LogP contribution is 2.26. The first-order chi connectivity index (χ1) is 14.5. The molecule has 1 fully saturated rings. The fourth-order valence-electron chi connectivity index (χ4n) is 4.25. The molecular weight excluding hydrogens is 382 g/mol. The van der Waals surface area contributed by atoms with Crippen molar-refractivity contribution in [2.75, 3.05) is 44.2 Å². The number of urea groups is 1. The van der Waals surface area contributed by atoms with Crippen molar-refractivity contribution in [3.05, 3.63) is 29.8 Å². The van der Waals surface area contributed by atoms with Gasteiger partial charge in [0.25, 0.3) is 5.91 Å². The molecule has 2 heterocycles. The number of aryl methyl sites for hydroxylation is 1. The molecule has 164 valence electrons. The third-order valence-corrected chi connectivity index (χ3v) is 6.04. The van der Waals surface area contributed by atoms with E-state index in [2.05, 4.69) is 21.8 Å². The molecule has 8 nitrogen and oxygen atoms in total. The van der Waals surface area contributed by atoms with Gasteiger partial charge >= 0.3 is 6.03 Å². The Bertz CT molecular complexity index is 757. The number of carbonyl (C=O) groups is 3. The minimum absolute atomic E-state index is 0.0361. The summed E-state index contributed by atoms with van der Waals surface area (Å²) in [7, 11) is 0. The molecule has 0 aromatic heterocycles. The van der Waals surface area contributed by atoms with Crippen molar-refractivity contribution in [3.8, 4) is 0 Å². The van der Waals surface area contributed by atoms with Crippen LogP contribution in [-0.2, 0) is 16.0 Å². The van der Waals surface area contributed by atoms with Crippen molar-refractivity contribution < 1.29 is 14.4 Å². The van der Waals surface area contributed by atoms with Crippen LogP contribution >= 0.6 is 0 Å². The van der Waals surface area contributed by atoms with Crippen molar-refractivity contribution in [2.24, 2.45) is 5.92 Å². The van der Waals surface area contributed by atoms with Gasteiger partial charge < -0.3 is 14.7 Å². The number of rotatable bonds is 5. The van der Waals surface area contributed by atoms with Crippen LogP contribution in [-0.4, -0.2) is 66.9 Å². The van der Waals surface area contributed by atoms with Gasteiger partial charge in [0.2, 0.25) is 5.91 Å². The van der Waals surface area contributed by atoms with Crippen LogP contribution in [0.1, 0.15) is 38.7 Å². The summed E-state index contributed by atoms with van der Waals surface area (Å²) in [5.74, 6) is -0.603. The zero-order valence-corrected chi connectivity index (χ0v) is 18.0. The van der Waals surface area contributed by atoms with E-state index in [-0.39, 0.29) is 30.3 Å². The first kappa shape index (κ1) is 21.9. The van der Waals surface area contributed by atoms with Gasteiger partial charge in [0, 0.05) is 44.3 Å². The zero-order chi connectivity index (χ0) is 21.5. The normalized spacial score (nSPS) is 16.6. The highest BCUT2D eigenvalue weighted by molar-refractivity contribution is 5.86. The fraction of sp³-hybridized carbons (Fsp3) is 0.591. The molecule has 3 rings (SSSR count). The maximum absolute atomic E-state index is 12.5. The van der Waals surface area contributed by atoms with E-state index in [9.17, 15) is 14.4 Å². The number of para-hydroxylation sites is 1. The Labute approximate surface area is 178 Å². The minimum Gasteiger partial charge on any atom is -0.362 e. The number of likely N-dealkylation sites (tertiary alicyclic amines) is 1. The molecule has 0 aliphatic carbocycles. The van der Waals surface area contributed by atoms with Gasteiger partial charge in [0.1, 0.15) is 0 Å². The Morgan fingerprint density at radius 3 is 2.43 bits per heavy atom. The summed E-state index contributed by atoms with van der Waals surface area (Å²) in [5, 5.41) is 0. The molecule has 0 unspecified atom stereocenters. The third-order valence-electron chi connectivity index (χ3n) is 6.04. The summed E-state index contributed by atoms with van der Waals surface area (Å²) in [5.41, 5.74) is 7.48. The van der Waals surface area contributed by atoms with Crippen LogP contribution in [0.5, 0.6) is 0 Å². The molecule has 1 aromatic carbocycles. The molecule has 1 saturated heterocycles. The standard InChI is InChI=1S/C22H33N5O3/c1-3-25(4-2)22(30)26-14-11-18(12-15-26)21(29)24-23-20(28)16-27-13-7-9-17-8-5-6-10-19(17)27/h5-6,8,10,18H,3-4,7,9,11-16H2,1-2H3,(H,23,28)(H,24,29). The number of hydrogen-bond donors (Lipinski definition) is 2. The van der Waals surface area contributed by atoms with Gasteiger partial charge in [-0.3, -0.25) is 20.4 Å². The fourth-order valence-corrected chi connectivity index (χ4v) is 4.25. The van der Waals surface area contributed by atoms with Crippen molar-refractivity contribution in [1.82, 2.24) is 20.7 Å². The van der Waals surface area contributed by atoms with Crippen LogP contribution in [0.15, 0.2) is 24.3 Å². The second-order valence-corrected chi connectivity index (χ2v) is 7.91. The van der Waals surface area contributed by atoms with Crippen LogP contribution in [0.2, 0.25) is 0 Å². The van der Waals surface area contributed by atoms with Gasteiger partial charge in [-0.05, 0) is 51.2 Å². The summed E-state index contributed by atoms with van der Waals surface area (Å²) in [6, 6.07) is 8.16. The third kappa shape index (κ3) is 5.23. The molecule has 8 heteroatoms. The minimum atomic E-state index is -0.228. The smallest absolute Gasteiger partial charge is 0.319 e. The summed E-state index contributed by atoms with van der Waals surface area (Å²) in [4.78, 5) is 42.9. The molecular formula is C22H33N5O3. The van der Waals surface area contributed by atoms with Gasteiger partial charge in [0.15, 0.2) is 0 Å². The molecule has 1 aromatic rings. The van der Waals surface area contributed by atoms with E-state index in [4.69, 9.17) is 0 Å². The van der Waals surface area contributed by atoms with E-state index in [0.717, 1.165) is 25.1 Å². The van der Waals surface area contributed by atoms with Crippen molar-refractivity contribution in [2.45, 2.75) is 39.5 Å². The van der Waals surface area contributed by atoms with E-state index in [1.165, 1.54) is 5.56 Å². The Kier molecular flexibility index (Phi) is 7.54. The molecule has 0 radical (unpaired) electrons. The average molecular weight is 416 g/mol. The van der Waals surface area contributed by atoms with Gasteiger partial charge in [0.05, 0.1) is 6.54 Å². The van der Waals surface area contributed by atoms with Crippen LogP contribution in [0.25, 0.3) is 0 Å². The number of fused-ring (bicyclic) bond motifs is 1. The lowest BCUT2D eigenvalue weighted by Crippen LogP contribution is -2.52. The molecule has 30 heavy (non-hydrogen) atoms. The SMILES string of the molecule is CCN(CC)C(=O)N1CCC(C(=O)NNC(=O)CN2CCCc3ccccc32)CC1. The van der Waals surface area contributed by atoms with E-state index >= 15 is 0 Å². The Balaban J connectivity index is 1.42. The number of benzene rings is 1. The van der Waals surface area contributed by atoms with Crippen molar-refractivity contribution in [1.29, 1.82) is 0 Å². The first-order valence-electron chi connectivity index (χ1n) is 11.0. The predicted octanol–water partition coefficient (Wildman–Crippen LogP) is 1.76. The monoisotopic (exact) mass is 415 g/mol. The zero-order valence-electron chi connectivity index (χ0n) is 18.0. The van der Waals surface area contributed by atoms with Gasteiger partial charge in [-0.2, -0.15) is 0 Å². The number of carbonyl (C=O) groups excluding carboxylic acids is 3. The van der Waals surface area contributed by atoms with E-state index in [1.807, 2.05) is 36.9 Å². The van der Waals surface area contributed by atoms with Crippen LogP contribution < -0.4 is 15.8 Å². The second kappa shape index (κ2) is 10.3. The molecule has 2 N–H and O–H groups in total. The number of hydrazine groups is 1. The number of amides is 4. The maximum atomic E-state index is 12.5.